The summed E-state index contributed by atoms with van der Waals surface area (Å²) in [7, 11) is 0. The van der Waals surface area contributed by atoms with E-state index in [0.29, 0.717) is 17.7 Å². The summed E-state index contributed by atoms with van der Waals surface area (Å²) in [6, 6.07) is 8.50. The van der Waals surface area contributed by atoms with Gasteiger partial charge in [-0.15, -0.1) is 0 Å². The predicted molar refractivity (Wildman–Crippen MR) is 102 cm³/mol. The fraction of sp³-hybridized carbons (Fsp3) is 0.300. The van der Waals surface area contributed by atoms with E-state index in [1.54, 1.807) is 12.1 Å². The minimum Gasteiger partial charge on any atom is -0.485 e. The van der Waals surface area contributed by atoms with Gasteiger partial charge in [0, 0.05) is 18.1 Å². The van der Waals surface area contributed by atoms with Crippen LogP contribution in [-0.4, -0.2) is 17.0 Å². The molecule has 142 valence electrons. The van der Waals surface area contributed by atoms with Gasteiger partial charge in [0.2, 0.25) is 0 Å². The molecule has 3 N–H and O–H groups in total. The first-order chi connectivity index (χ1) is 12.9. The van der Waals surface area contributed by atoms with E-state index in [1.807, 2.05) is 12.1 Å². The van der Waals surface area contributed by atoms with Crippen LogP contribution in [0.3, 0.4) is 0 Å². The Bertz CT molecular complexity index is 883. The van der Waals surface area contributed by atoms with Crippen molar-refractivity contribution in [2.75, 3.05) is 0 Å². The van der Waals surface area contributed by atoms with E-state index in [9.17, 15) is 9.18 Å². The van der Waals surface area contributed by atoms with Gasteiger partial charge in [-0.2, -0.15) is 4.99 Å². The van der Waals surface area contributed by atoms with Crippen LogP contribution in [0.5, 0.6) is 5.75 Å². The quantitative estimate of drug-likeness (QED) is 0.562. The third-order valence-electron chi connectivity index (χ3n) is 4.50. The largest absolute Gasteiger partial charge is 0.485 e. The number of aryl methyl sites for hydroxylation is 1. The number of fused-ring (bicyclic) bond motifs is 1. The summed E-state index contributed by atoms with van der Waals surface area (Å²) < 4.78 is 19.6. The molecule has 1 atom stereocenters. The van der Waals surface area contributed by atoms with E-state index >= 15 is 0 Å². The molecule has 1 amide bonds. The van der Waals surface area contributed by atoms with Crippen LogP contribution in [0.2, 0.25) is 5.02 Å². The first-order valence-electron chi connectivity index (χ1n) is 8.73. The summed E-state index contributed by atoms with van der Waals surface area (Å²) in [6.07, 6.45) is 1.73. The van der Waals surface area contributed by atoms with Crippen LogP contribution in [0.25, 0.3) is 0 Å². The molecule has 2 aromatic carbocycles. The maximum Gasteiger partial charge on any atom is 0.433 e. The van der Waals surface area contributed by atoms with Crippen molar-refractivity contribution in [3.63, 3.8) is 0 Å². The molecule has 0 aromatic heterocycles. The monoisotopic (exact) mass is 390 g/mol. The van der Waals surface area contributed by atoms with Gasteiger partial charge in [-0.05, 0) is 47.7 Å². The average Bonchev–Trinajstić information content (AvgIpc) is 3.02. The number of rotatable bonds is 5. The number of benzene rings is 2. The minimum atomic E-state index is -1.34. The van der Waals surface area contributed by atoms with Crippen molar-refractivity contribution < 1.29 is 19.0 Å². The highest BCUT2D eigenvalue weighted by Crippen LogP contribution is 2.39. The number of hydrogen-bond acceptors (Lipinski definition) is 2. The van der Waals surface area contributed by atoms with E-state index in [4.69, 9.17) is 27.2 Å². The lowest BCUT2D eigenvalue weighted by Gasteiger charge is -2.15. The smallest absolute Gasteiger partial charge is 0.433 e. The second-order valence-electron chi connectivity index (χ2n) is 6.53. The number of carbonyl (C=O) groups is 1. The number of nitrogens with two attached hydrogens (primary N) is 1. The second-order valence-corrected chi connectivity index (χ2v) is 6.94. The van der Waals surface area contributed by atoms with E-state index in [-0.39, 0.29) is 17.0 Å². The molecular formula is C20H20ClFN2O3. The van der Waals surface area contributed by atoms with Crippen LogP contribution in [0.4, 0.5) is 9.18 Å². The number of halogens is 2. The molecule has 7 heteroatoms. The van der Waals surface area contributed by atoms with E-state index in [2.05, 4.69) is 11.9 Å². The van der Waals surface area contributed by atoms with Gasteiger partial charge in [-0.25, -0.2) is 9.18 Å². The van der Waals surface area contributed by atoms with Crippen molar-refractivity contribution in [2.24, 2.45) is 10.7 Å². The van der Waals surface area contributed by atoms with Crippen molar-refractivity contribution in [3.8, 4) is 5.75 Å². The Morgan fingerprint density at radius 3 is 2.85 bits per heavy atom. The molecule has 5 nitrogen and oxygen atoms in total. The van der Waals surface area contributed by atoms with Gasteiger partial charge in [0.05, 0.1) is 5.02 Å². The minimum absolute atomic E-state index is 0.0632. The molecule has 0 bridgehead atoms. The number of unbranched alkanes of at least 4 members (excludes halogenated alkanes) is 1. The summed E-state index contributed by atoms with van der Waals surface area (Å²) in [5, 5.41) is 8.93. The first kappa shape index (κ1) is 19.2. The maximum atomic E-state index is 13.7. The lowest BCUT2D eigenvalue weighted by Crippen LogP contribution is -2.17. The summed E-state index contributed by atoms with van der Waals surface area (Å²) in [6.45, 7) is 2.10. The third kappa shape index (κ3) is 4.39. The third-order valence-corrected chi connectivity index (χ3v) is 4.79. The Balaban J connectivity index is 1.96. The van der Waals surface area contributed by atoms with Crippen LogP contribution in [-0.2, 0) is 12.8 Å². The fourth-order valence-corrected chi connectivity index (χ4v) is 3.35. The van der Waals surface area contributed by atoms with Gasteiger partial charge in [0.15, 0.2) is 0 Å². The number of nitrogens with zero attached hydrogens (tertiary/aromatic N) is 1. The Hall–Kier alpha value is -2.60. The topological polar surface area (TPSA) is 84.9 Å². The van der Waals surface area contributed by atoms with Gasteiger partial charge < -0.3 is 15.6 Å². The van der Waals surface area contributed by atoms with Crippen LogP contribution in [0.15, 0.2) is 35.3 Å². The zero-order valence-electron chi connectivity index (χ0n) is 14.8. The molecule has 27 heavy (non-hydrogen) atoms. The molecule has 0 saturated carbocycles. The van der Waals surface area contributed by atoms with Gasteiger partial charge in [-0.3, -0.25) is 0 Å². The van der Waals surface area contributed by atoms with Crippen LogP contribution >= 0.6 is 11.6 Å². The van der Waals surface area contributed by atoms with Gasteiger partial charge in [-0.1, -0.05) is 31.0 Å². The molecule has 3 rings (SSSR count). The zero-order valence-corrected chi connectivity index (χ0v) is 15.6. The van der Waals surface area contributed by atoms with E-state index < -0.39 is 11.9 Å². The zero-order chi connectivity index (χ0) is 19.6. The highest BCUT2D eigenvalue weighted by Gasteiger charge is 2.26. The Labute approximate surface area is 161 Å². The van der Waals surface area contributed by atoms with Gasteiger partial charge >= 0.3 is 6.09 Å². The van der Waals surface area contributed by atoms with Crippen molar-refractivity contribution in [1.82, 2.24) is 0 Å². The van der Waals surface area contributed by atoms with Crippen LogP contribution < -0.4 is 10.5 Å². The summed E-state index contributed by atoms with van der Waals surface area (Å²) in [5.41, 5.74) is 9.08. The van der Waals surface area contributed by atoms with Crippen LogP contribution in [0, 0.1) is 5.82 Å². The van der Waals surface area contributed by atoms with Crippen molar-refractivity contribution in [3.05, 3.63) is 63.4 Å². The molecule has 0 spiro atoms. The summed E-state index contributed by atoms with van der Waals surface area (Å²) >= 11 is 5.87. The molecular weight excluding hydrogens is 371 g/mol. The molecule has 0 fully saturated rings. The number of amidine groups is 1. The SMILES string of the molecule is CCCCc1cc(/C(N)=N/C(=O)O)cc(C2Cc3cc(Cl)c(F)cc3O2)c1. The summed E-state index contributed by atoms with van der Waals surface area (Å²) in [4.78, 5) is 14.3. The molecule has 1 heterocycles. The fourth-order valence-electron chi connectivity index (χ4n) is 3.16. The molecule has 1 aliphatic rings. The van der Waals surface area contributed by atoms with E-state index in [1.165, 1.54) is 6.07 Å². The normalized spacial score (nSPS) is 16.1. The van der Waals surface area contributed by atoms with Crippen molar-refractivity contribution in [2.45, 2.75) is 38.7 Å². The molecule has 2 aromatic rings. The Kier molecular flexibility index (Phi) is 5.65. The highest BCUT2D eigenvalue weighted by molar-refractivity contribution is 6.30. The summed E-state index contributed by atoms with van der Waals surface area (Å²) in [5.74, 6) is -0.118. The lowest BCUT2D eigenvalue weighted by atomic mass is 9.96. The molecule has 0 radical (unpaired) electrons. The molecule has 0 saturated heterocycles. The van der Waals surface area contributed by atoms with Gasteiger partial charge in [0.25, 0.3) is 0 Å². The molecule has 0 aliphatic carbocycles. The number of amides is 1. The Morgan fingerprint density at radius 1 is 1.37 bits per heavy atom. The van der Waals surface area contributed by atoms with E-state index in [0.717, 1.165) is 36.0 Å². The first-order valence-corrected chi connectivity index (χ1v) is 9.11. The van der Waals surface area contributed by atoms with Crippen LogP contribution in [0.1, 0.15) is 48.1 Å². The predicted octanol–water partition coefficient (Wildman–Crippen LogP) is 4.88. The molecule has 1 aliphatic heterocycles. The lowest BCUT2D eigenvalue weighted by molar-refractivity contribution is 0.205. The average molecular weight is 391 g/mol. The number of aliphatic imine (C=N–C) groups is 1. The maximum absolute atomic E-state index is 13.7. The van der Waals surface area contributed by atoms with Crippen molar-refractivity contribution >= 4 is 23.5 Å². The highest BCUT2D eigenvalue weighted by atomic mass is 35.5. The number of hydrogen-bond donors (Lipinski definition) is 2. The Morgan fingerprint density at radius 2 is 2.15 bits per heavy atom. The van der Waals surface area contributed by atoms with Crippen molar-refractivity contribution in [1.29, 1.82) is 0 Å². The second kappa shape index (κ2) is 7.96. The molecule has 1 unspecified atom stereocenters. The number of carboxylic acid groups (broad SMARTS) is 1. The van der Waals surface area contributed by atoms with Gasteiger partial charge in [0.1, 0.15) is 23.5 Å². The number of ether oxygens (including phenoxy) is 1. The standard InChI is InChI=1S/C20H20ClFN2O3/c1-2-3-4-11-5-12(7-14(6-11)19(23)24-20(25)26)17-9-13-8-15(21)16(22)10-18(13)27-17/h5-8,10,17H,2-4,9H2,1H3,(H2,23,24)(H,25,26).